The number of anilines is 1. The van der Waals surface area contributed by atoms with E-state index >= 15 is 0 Å². The Kier molecular flexibility index (Phi) is 6.80. The zero-order chi connectivity index (χ0) is 21.9. The third-order valence-electron chi connectivity index (χ3n) is 5.05. The van der Waals surface area contributed by atoms with Crippen LogP contribution in [-0.4, -0.2) is 44.6 Å². The molecule has 0 aromatic heterocycles. The van der Waals surface area contributed by atoms with E-state index in [2.05, 4.69) is 5.32 Å². The molecule has 0 spiro atoms. The number of nitrogens with zero attached hydrogens (tertiary/aromatic N) is 1. The zero-order valence-corrected chi connectivity index (χ0v) is 18.3. The molecule has 7 nitrogen and oxygen atoms in total. The minimum absolute atomic E-state index is 0.0588. The normalized spacial score (nSPS) is 17.4. The topological polar surface area (TPSA) is 92.8 Å². The highest BCUT2D eigenvalue weighted by atomic mass is 35.5. The quantitative estimate of drug-likeness (QED) is 0.679. The van der Waals surface area contributed by atoms with Gasteiger partial charge in [0.05, 0.1) is 22.9 Å². The summed E-state index contributed by atoms with van der Waals surface area (Å²) in [7, 11) is -2.34. The fourth-order valence-electron chi connectivity index (χ4n) is 3.39. The number of carbonyl (C=O) groups is 2. The Hall–Kier alpha value is -2.42. The van der Waals surface area contributed by atoms with Crippen molar-refractivity contribution >= 4 is 39.0 Å². The lowest BCUT2D eigenvalue weighted by atomic mass is 9.98. The summed E-state index contributed by atoms with van der Waals surface area (Å²) in [6.45, 7) is 1.86. The Morgan fingerprint density at radius 3 is 2.63 bits per heavy atom. The van der Waals surface area contributed by atoms with Crippen molar-refractivity contribution in [2.75, 3.05) is 25.5 Å². The number of rotatable bonds is 6. The van der Waals surface area contributed by atoms with Crippen LogP contribution < -0.4 is 10.1 Å². The molecule has 1 saturated heterocycles. The molecule has 0 saturated carbocycles. The molecule has 1 aliphatic heterocycles. The molecule has 160 valence electrons. The van der Waals surface area contributed by atoms with E-state index in [0.717, 1.165) is 0 Å². The molecule has 2 aromatic rings. The Bertz CT molecular complexity index is 1070. The highest BCUT2D eigenvalue weighted by molar-refractivity contribution is 7.89. The van der Waals surface area contributed by atoms with Crippen molar-refractivity contribution in [3.63, 3.8) is 0 Å². The molecule has 0 radical (unpaired) electrons. The van der Waals surface area contributed by atoms with Gasteiger partial charge in [-0.15, -0.1) is 0 Å². The summed E-state index contributed by atoms with van der Waals surface area (Å²) >= 11 is 6.08. The number of ketones is 1. The number of benzene rings is 2. The number of hydrogen-bond donors (Lipinski definition) is 1. The number of sulfonamides is 1. The average molecular weight is 451 g/mol. The molecule has 1 aliphatic rings. The first-order valence-corrected chi connectivity index (χ1v) is 11.3. The van der Waals surface area contributed by atoms with Crippen LogP contribution in [0, 0.1) is 5.92 Å². The van der Waals surface area contributed by atoms with Crippen molar-refractivity contribution < 1.29 is 22.7 Å². The Morgan fingerprint density at radius 2 is 1.97 bits per heavy atom. The molecule has 0 unspecified atom stereocenters. The van der Waals surface area contributed by atoms with Gasteiger partial charge in [-0.25, -0.2) is 8.42 Å². The molecule has 2 aromatic carbocycles. The number of carbonyl (C=O) groups excluding carboxylic acids is 2. The molecule has 30 heavy (non-hydrogen) atoms. The monoisotopic (exact) mass is 450 g/mol. The van der Waals surface area contributed by atoms with Crippen LogP contribution in [0.15, 0.2) is 47.4 Å². The lowest BCUT2D eigenvalue weighted by Crippen LogP contribution is -2.43. The molecule has 1 heterocycles. The van der Waals surface area contributed by atoms with Crippen molar-refractivity contribution in [1.29, 1.82) is 0 Å². The fraction of sp³-hybridized carbons (Fsp3) is 0.333. The van der Waals surface area contributed by atoms with Gasteiger partial charge in [-0.1, -0.05) is 23.7 Å². The summed E-state index contributed by atoms with van der Waals surface area (Å²) in [5, 5.41) is 3.00. The number of piperidine rings is 1. The van der Waals surface area contributed by atoms with Crippen LogP contribution >= 0.6 is 11.6 Å². The number of ether oxygens (including phenoxy) is 1. The molecule has 3 rings (SSSR count). The van der Waals surface area contributed by atoms with Crippen LogP contribution in [0.2, 0.25) is 5.02 Å². The van der Waals surface area contributed by atoms with E-state index in [1.165, 1.54) is 36.5 Å². The van der Waals surface area contributed by atoms with E-state index in [4.69, 9.17) is 16.3 Å². The number of hydrogen-bond acceptors (Lipinski definition) is 5. The average Bonchev–Trinajstić information content (AvgIpc) is 2.74. The molecular weight excluding hydrogens is 428 g/mol. The van der Waals surface area contributed by atoms with E-state index in [-0.39, 0.29) is 28.2 Å². The molecule has 1 amide bonds. The van der Waals surface area contributed by atoms with Crippen LogP contribution in [0.1, 0.15) is 30.1 Å². The Labute approximate surface area is 181 Å². The van der Waals surface area contributed by atoms with Gasteiger partial charge in [0.25, 0.3) is 0 Å². The van der Waals surface area contributed by atoms with Crippen LogP contribution in [0.5, 0.6) is 5.75 Å². The fourth-order valence-corrected chi connectivity index (χ4v) is 5.26. The molecule has 0 aliphatic carbocycles. The standard InChI is InChI=1S/C21H23ClN2O5S/c1-14(25)15-5-3-7-17(11-15)23-21(26)16-6-4-10-24(13-16)30(27,28)18-8-9-20(29-2)19(22)12-18/h3,5,7-9,11-12,16H,4,6,10,13H2,1-2H3,(H,23,26)/t16-/m0/s1. The maximum atomic E-state index is 13.0. The summed E-state index contributed by atoms with van der Waals surface area (Å²) in [5.74, 6) is -0.481. The van der Waals surface area contributed by atoms with Gasteiger partial charge in [0.2, 0.25) is 15.9 Å². The van der Waals surface area contributed by atoms with Gasteiger partial charge in [-0.2, -0.15) is 4.31 Å². The van der Waals surface area contributed by atoms with E-state index in [9.17, 15) is 18.0 Å². The minimum atomic E-state index is -3.80. The lowest BCUT2D eigenvalue weighted by Gasteiger charge is -2.31. The summed E-state index contributed by atoms with van der Waals surface area (Å²) in [4.78, 5) is 24.3. The lowest BCUT2D eigenvalue weighted by molar-refractivity contribution is -0.120. The third kappa shape index (κ3) is 4.83. The summed E-state index contributed by atoms with van der Waals surface area (Å²) in [6, 6.07) is 11.0. The first kappa shape index (κ1) is 22.3. The first-order chi connectivity index (χ1) is 14.2. The van der Waals surface area contributed by atoms with Crippen LogP contribution in [-0.2, 0) is 14.8 Å². The maximum Gasteiger partial charge on any atom is 0.243 e. The van der Waals surface area contributed by atoms with Gasteiger partial charge in [0.15, 0.2) is 5.78 Å². The molecule has 1 fully saturated rings. The molecular formula is C21H23ClN2O5S. The highest BCUT2D eigenvalue weighted by Gasteiger charge is 2.33. The predicted molar refractivity (Wildman–Crippen MR) is 115 cm³/mol. The molecule has 1 N–H and O–H groups in total. The highest BCUT2D eigenvalue weighted by Crippen LogP contribution is 2.30. The first-order valence-electron chi connectivity index (χ1n) is 9.48. The summed E-state index contributed by atoms with van der Waals surface area (Å²) < 4.78 is 32.5. The second-order valence-corrected chi connectivity index (χ2v) is 9.47. The van der Waals surface area contributed by atoms with Crippen LogP contribution in [0.25, 0.3) is 0 Å². The van der Waals surface area contributed by atoms with Gasteiger partial charge in [0.1, 0.15) is 5.75 Å². The number of Topliss-reactive ketones (excluding diaryl/α,β-unsaturated/α-hetero) is 1. The Morgan fingerprint density at radius 1 is 1.20 bits per heavy atom. The number of halogens is 1. The van der Waals surface area contributed by atoms with Crippen LogP contribution in [0.3, 0.4) is 0 Å². The van der Waals surface area contributed by atoms with Crippen LogP contribution in [0.4, 0.5) is 5.69 Å². The van der Waals surface area contributed by atoms with Gasteiger partial charge < -0.3 is 10.1 Å². The van der Waals surface area contributed by atoms with E-state index in [1.54, 1.807) is 24.3 Å². The Balaban J connectivity index is 1.74. The second-order valence-electron chi connectivity index (χ2n) is 7.12. The number of nitrogens with one attached hydrogen (secondary N) is 1. The third-order valence-corrected chi connectivity index (χ3v) is 7.21. The van der Waals surface area contributed by atoms with Gasteiger partial charge in [0, 0.05) is 24.3 Å². The van der Waals surface area contributed by atoms with Gasteiger partial charge in [-0.3, -0.25) is 9.59 Å². The SMILES string of the molecule is COc1ccc(S(=O)(=O)N2CCC[C@H](C(=O)Nc3cccc(C(C)=O)c3)C2)cc1Cl. The van der Waals surface area contributed by atoms with Crippen molar-refractivity contribution in [3.8, 4) is 5.75 Å². The largest absolute Gasteiger partial charge is 0.495 e. The smallest absolute Gasteiger partial charge is 0.243 e. The minimum Gasteiger partial charge on any atom is -0.495 e. The van der Waals surface area contributed by atoms with Crippen molar-refractivity contribution in [2.24, 2.45) is 5.92 Å². The van der Waals surface area contributed by atoms with E-state index < -0.39 is 15.9 Å². The van der Waals surface area contributed by atoms with Gasteiger partial charge in [-0.05, 0) is 50.1 Å². The predicted octanol–water partition coefficient (Wildman–Crippen LogP) is 3.59. The summed E-state index contributed by atoms with van der Waals surface area (Å²) in [6.07, 6.45) is 1.14. The molecule has 0 bridgehead atoms. The number of amides is 1. The zero-order valence-electron chi connectivity index (χ0n) is 16.7. The second kappa shape index (κ2) is 9.16. The maximum absolute atomic E-state index is 13.0. The van der Waals surface area contributed by atoms with E-state index in [1.807, 2.05) is 0 Å². The van der Waals surface area contributed by atoms with Crippen molar-refractivity contribution in [1.82, 2.24) is 4.31 Å². The number of methoxy groups -OCH3 is 1. The summed E-state index contributed by atoms with van der Waals surface area (Å²) in [5.41, 5.74) is 1.01. The van der Waals surface area contributed by atoms with Crippen molar-refractivity contribution in [2.45, 2.75) is 24.7 Å². The van der Waals surface area contributed by atoms with E-state index in [0.29, 0.717) is 36.4 Å². The molecule has 9 heteroatoms. The van der Waals surface area contributed by atoms with Crippen molar-refractivity contribution in [3.05, 3.63) is 53.1 Å². The van der Waals surface area contributed by atoms with Gasteiger partial charge >= 0.3 is 0 Å². The molecule has 1 atom stereocenters.